The second-order valence-corrected chi connectivity index (χ2v) is 6.04. The molecule has 102 valence electrons. The summed E-state index contributed by atoms with van der Waals surface area (Å²) >= 11 is 0. The average molecular weight is 258 g/mol. The number of rotatable bonds is 1. The molecule has 1 heterocycles. The predicted octanol–water partition coefficient (Wildman–Crippen LogP) is 2.50. The van der Waals surface area contributed by atoms with Gasteiger partial charge in [-0.15, -0.1) is 0 Å². The van der Waals surface area contributed by atoms with E-state index in [1.807, 2.05) is 0 Å². The van der Waals surface area contributed by atoms with Crippen molar-refractivity contribution in [2.24, 2.45) is 0 Å². The lowest BCUT2D eigenvalue weighted by atomic mass is 10.0. The first kappa shape index (κ1) is 12.5. The Bertz CT molecular complexity index is 519. The van der Waals surface area contributed by atoms with Gasteiger partial charge in [0.15, 0.2) is 0 Å². The van der Waals surface area contributed by atoms with Crippen molar-refractivity contribution in [2.75, 3.05) is 24.5 Å². The van der Waals surface area contributed by atoms with Crippen molar-refractivity contribution in [2.45, 2.75) is 39.2 Å². The zero-order valence-corrected chi connectivity index (χ0v) is 12.1. The number of piperazine rings is 1. The van der Waals surface area contributed by atoms with Gasteiger partial charge in [0.25, 0.3) is 0 Å². The second kappa shape index (κ2) is 4.26. The van der Waals surface area contributed by atoms with Gasteiger partial charge >= 0.3 is 0 Å². The Balaban J connectivity index is 1.86. The molecule has 0 N–H and O–H groups in total. The van der Waals surface area contributed by atoms with E-state index in [0.29, 0.717) is 0 Å². The van der Waals surface area contributed by atoms with Crippen molar-refractivity contribution >= 4 is 11.6 Å². The van der Waals surface area contributed by atoms with Crippen molar-refractivity contribution in [1.82, 2.24) is 4.90 Å². The van der Waals surface area contributed by atoms with Gasteiger partial charge in [0.2, 0.25) is 5.91 Å². The Kier molecular flexibility index (Phi) is 2.80. The smallest absolute Gasteiger partial charge is 0.220 e. The van der Waals surface area contributed by atoms with Crippen LogP contribution >= 0.6 is 0 Å². The maximum atomic E-state index is 11.7. The quantitative estimate of drug-likeness (QED) is 0.772. The zero-order chi connectivity index (χ0) is 13.6. The topological polar surface area (TPSA) is 23.6 Å². The van der Waals surface area contributed by atoms with Crippen LogP contribution in [0.4, 0.5) is 5.69 Å². The fraction of sp³-hybridized carbons (Fsp3) is 0.562. The molecule has 0 atom stereocenters. The molecule has 1 aliphatic carbocycles. The Morgan fingerprint density at radius 3 is 2.58 bits per heavy atom. The number of anilines is 1. The van der Waals surface area contributed by atoms with E-state index in [2.05, 4.69) is 41.8 Å². The predicted molar refractivity (Wildman–Crippen MR) is 77.5 cm³/mol. The number of nitrogens with zero attached hydrogens (tertiary/aromatic N) is 2. The molecule has 2 aliphatic rings. The standard InChI is InChI=1S/C16H22N2O/c1-12-5-4-6-15(13(12)2)17-9-10-18(14(3)19)16(11-17)7-8-16/h4-6H,7-11H2,1-3H3. The van der Waals surface area contributed by atoms with Crippen LogP contribution in [0.5, 0.6) is 0 Å². The molecule has 0 bridgehead atoms. The highest BCUT2D eigenvalue weighted by molar-refractivity contribution is 5.75. The van der Waals surface area contributed by atoms with Crippen molar-refractivity contribution in [3.05, 3.63) is 29.3 Å². The largest absolute Gasteiger partial charge is 0.367 e. The summed E-state index contributed by atoms with van der Waals surface area (Å²) in [5.74, 6) is 0.234. The minimum atomic E-state index is 0.139. The van der Waals surface area contributed by atoms with Gasteiger partial charge in [-0.1, -0.05) is 12.1 Å². The van der Waals surface area contributed by atoms with Crippen LogP contribution in [0.2, 0.25) is 0 Å². The molecule has 2 fully saturated rings. The first-order chi connectivity index (χ1) is 9.03. The van der Waals surface area contributed by atoms with Crippen LogP contribution in [0.15, 0.2) is 18.2 Å². The molecule has 19 heavy (non-hydrogen) atoms. The number of carbonyl (C=O) groups is 1. The molecule has 0 unspecified atom stereocenters. The van der Waals surface area contributed by atoms with Crippen molar-refractivity contribution in [1.29, 1.82) is 0 Å². The summed E-state index contributed by atoms with van der Waals surface area (Å²) in [6, 6.07) is 6.51. The number of hydrogen-bond acceptors (Lipinski definition) is 2. The van der Waals surface area contributed by atoms with Crippen molar-refractivity contribution < 1.29 is 4.79 Å². The SMILES string of the molecule is CC(=O)N1CCN(c2cccc(C)c2C)CC12CC2. The van der Waals surface area contributed by atoms with Crippen LogP contribution in [-0.2, 0) is 4.79 Å². The molecule has 3 rings (SSSR count). The van der Waals surface area contributed by atoms with E-state index in [4.69, 9.17) is 0 Å². The summed E-state index contributed by atoms with van der Waals surface area (Å²) in [6.45, 7) is 8.87. The number of carbonyl (C=O) groups excluding carboxylic acids is 1. The van der Waals surface area contributed by atoms with Crippen LogP contribution in [0, 0.1) is 13.8 Å². The number of hydrogen-bond donors (Lipinski definition) is 0. The molecule has 1 saturated carbocycles. The Hall–Kier alpha value is -1.51. The maximum Gasteiger partial charge on any atom is 0.220 e. The van der Waals surface area contributed by atoms with Crippen LogP contribution in [0.3, 0.4) is 0 Å². The molecule has 1 amide bonds. The molecule has 0 radical (unpaired) electrons. The first-order valence-electron chi connectivity index (χ1n) is 7.13. The molecule has 1 aliphatic heterocycles. The Morgan fingerprint density at radius 2 is 1.95 bits per heavy atom. The van der Waals surface area contributed by atoms with Gasteiger partial charge in [-0.3, -0.25) is 4.79 Å². The van der Waals surface area contributed by atoms with E-state index < -0.39 is 0 Å². The highest BCUT2D eigenvalue weighted by Crippen LogP contribution is 2.45. The van der Waals surface area contributed by atoms with E-state index in [1.165, 1.54) is 16.8 Å². The lowest BCUT2D eigenvalue weighted by Gasteiger charge is -2.43. The molecule has 3 heteroatoms. The summed E-state index contributed by atoms with van der Waals surface area (Å²) in [6.07, 6.45) is 2.32. The summed E-state index contributed by atoms with van der Waals surface area (Å²) < 4.78 is 0. The van der Waals surface area contributed by atoms with Gasteiger partial charge < -0.3 is 9.80 Å². The molecule has 1 aromatic rings. The molecule has 1 spiro atoms. The summed E-state index contributed by atoms with van der Waals surface area (Å²) in [5.41, 5.74) is 4.20. The zero-order valence-electron chi connectivity index (χ0n) is 12.1. The Morgan fingerprint density at radius 1 is 1.21 bits per heavy atom. The molecular formula is C16H22N2O. The molecule has 0 aromatic heterocycles. The summed E-state index contributed by atoms with van der Waals surface area (Å²) in [4.78, 5) is 16.3. The lowest BCUT2D eigenvalue weighted by Crippen LogP contribution is -2.56. The highest BCUT2D eigenvalue weighted by Gasteiger charge is 2.52. The van der Waals surface area contributed by atoms with Gasteiger partial charge in [-0.25, -0.2) is 0 Å². The fourth-order valence-electron chi connectivity index (χ4n) is 3.33. The van der Waals surface area contributed by atoms with Gasteiger partial charge in [0, 0.05) is 32.2 Å². The highest BCUT2D eigenvalue weighted by atomic mass is 16.2. The average Bonchev–Trinajstić information content (AvgIpc) is 3.12. The van der Waals surface area contributed by atoms with Crippen LogP contribution in [0.25, 0.3) is 0 Å². The van der Waals surface area contributed by atoms with Gasteiger partial charge in [0.1, 0.15) is 0 Å². The minimum Gasteiger partial charge on any atom is -0.367 e. The Labute approximate surface area is 115 Å². The monoisotopic (exact) mass is 258 g/mol. The third-order valence-electron chi connectivity index (χ3n) is 4.78. The van der Waals surface area contributed by atoms with E-state index in [0.717, 1.165) is 32.5 Å². The number of amides is 1. The normalized spacial score (nSPS) is 20.8. The molecule has 3 nitrogen and oxygen atoms in total. The molecular weight excluding hydrogens is 236 g/mol. The van der Waals surface area contributed by atoms with E-state index >= 15 is 0 Å². The lowest BCUT2D eigenvalue weighted by molar-refractivity contribution is -0.132. The van der Waals surface area contributed by atoms with E-state index in [-0.39, 0.29) is 11.4 Å². The van der Waals surface area contributed by atoms with Gasteiger partial charge in [-0.2, -0.15) is 0 Å². The number of aryl methyl sites for hydroxylation is 1. The minimum absolute atomic E-state index is 0.139. The number of benzene rings is 1. The first-order valence-corrected chi connectivity index (χ1v) is 7.13. The van der Waals surface area contributed by atoms with Crippen molar-refractivity contribution in [3.63, 3.8) is 0 Å². The second-order valence-electron chi connectivity index (χ2n) is 6.04. The third-order valence-corrected chi connectivity index (χ3v) is 4.78. The summed E-state index contributed by atoms with van der Waals surface area (Å²) in [5, 5.41) is 0. The summed E-state index contributed by atoms with van der Waals surface area (Å²) in [7, 11) is 0. The van der Waals surface area contributed by atoms with Gasteiger partial charge in [0.05, 0.1) is 5.54 Å². The maximum absolute atomic E-state index is 11.7. The van der Waals surface area contributed by atoms with E-state index in [1.54, 1.807) is 6.92 Å². The van der Waals surface area contributed by atoms with Crippen molar-refractivity contribution in [3.8, 4) is 0 Å². The fourth-order valence-corrected chi connectivity index (χ4v) is 3.33. The molecule has 1 aromatic carbocycles. The van der Waals surface area contributed by atoms with Gasteiger partial charge in [-0.05, 0) is 43.9 Å². The third kappa shape index (κ3) is 2.01. The molecule has 1 saturated heterocycles. The van der Waals surface area contributed by atoms with Crippen LogP contribution in [0.1, 0.15) is 30.9 Å². The van der Waals surface area contributed by atoms with E-state index in [9.17, 15) is 4.79 Å². The van der Waals surface area contributed by atoms with Crippen LogP contribution < -0.4 is 4.90 Å². The van der Waals surface area contributed by atoms with Crippen LogP contribution in [-0.4, -0.2) is 36.0 Å².